The lowest BCUT2D eigenvalue weighted by molar-refractivity contribution is -0.246. The van der Waals surface area contributed by atoms with Gasteiger partial charge in [-0.15, -0.1) is 0 Å². The molecule has 0 atom stereocenters. The molecule has 0 spiro atoms. The lowest BCUT2D eigenvalue weighted by atomic mass is 9.31. The molecule has 20 heavy (non-hydrogen) atoms. The Balaban J connectivity index is 1.37. The second kappa shape index (κ2) is 4.09. The van der Waals surface area contributed by atoms with Crippen molar-refractivity contribution in [1.29, 1.82) is 0 Å². The van der Waals surface area contributed by atoms with Gasteiger partial charge in [0.25, 0.3) is 0 Å². The summed E-state index contributed by atoms with van der Waals surface area (Å²) < 4.78 is 0. The Morgan fingerprint density at radius 3 is 2.15 bits per heavy atom. The van der Waals surface area contributed by atoms with Gasteiger partial charge in [-0.05, 0) is 67.8 Å². The van der Waals surface area contributed by atoms with Crippen LogP contribution in [0, 0.1) is 16.7 Å². The smallest absolute Gasteiger partial charge is 0.309 e. The van der Waals surface area contributed by atoms with E-state index in [0.29, 0.717) is 5.41 Å². The topological polar surface area (TPSA) is 37.3 Å². The van der Waals surface area contributed by atoms with Crippen LogP contribution in [0.2, 0.25) is 0 Å². The molecule has 1 aromatic carbocycles. The molecule has 1 aromatic rings. The molecule has 2 heteroatoms. The van der Waals surface area contributed by atoms with Gasteiger partial charge >= 0.3 is 5.97 Å². The SMILES string of the molecule is O=C(O)C12CC(C3CCC(c4ccccc4)CC3)(C1)C2. The van der Waals surface area contributed by atoms with E-state index in [4.69, 9.17) is 0 Å². The van der Waals surface area contributed by atoms with Crippen LogP contribution >= 0.6 is 0 Å². The number of rotatable bonds is 3. The van der Waals surface area contributed by atoms with Gasteiger partial charge in [-0.2, -0.15) is 0 Å². The molecule has 0 unspecified atom stereocenters. The van der Waals surface area contributed by atoms with Gasteiger partial charge in [0.05, 0.1) is 5.41 Å². The first-order chi connectivity index (χ1) is 9.64. The van der Waals surface area contributed by atoms with Crippen molar-refractivity contribution in [3.05, 3.63) is 35.9 Å². The molecular weight excluding hydrogens is 248 g/mol. The zero-order valence-corrected chi connectivity index (χ0v) is 11.8. The highest BCUT2D eigenvalue weighted by molar-refractivity contribution is 5.79. The Morgan fingerprint density at radius 1 is 1.00 bits per heavy atom. The van der Waals surface area contributed by atoms with Gasteiger partial charge in [0.15, 0.2) is 0 Å². The molecule has 0 aromatic heterocycles. The molecule has 5 rings (SSSR count). The molecule has 106 valence electrons. The Hall–Kier alpha value is -1.31. The summed E-state index contributed by atoms with van der Waals surface area (Å²) in [6.45, 7) is 0. The first-order valence-corrected chi connectivity index (χ1v) is 7.92. The number of carbonyl (C=O) groups is 1. The Kier molecular flexibility index (Phi) is 2.55. The van der Waals surface area contributed by atoms with Crippen LogP contribution in [0.5, 0.6) is 0 Å². The van der Waals surface area contributed by atoms with Crippen LogP contribution < -0.4 is 0 Å². The molecule has 2 bridgehead atoms. The van der Waals surface area contributed by atoms with E-state index < -0.39 is 5.97 Å². The molecule has 4 aliphatic carbocycles. The Morgan fingerprint density at radius 2 is 1.60 bits per heavy atom. The molecule has 4 fully saturated rings. The van der Waals surface area contributed by atoms with Crippen molar-refractivity contribution < 1.29 is 9.90 Å². The zero-order valence-electron chi connectivity index (χ0n) is 11.8. The van der Waals surface area contributed by atoms with Gasteiger partial charge in [-0.1, -0.05) is 30.3 Å². The van der Waals surface area contributed by atoms with E-state index in [9.17, 15) is 9.90 Å². The third kappa shape index (κ3) is 1.60. The number of carboxylic acids is 1. The maximum absolute atomic E-state index is 11.2. The van der Waals surface area contributed by atoms with Crippen LogP contribution in [0.25, 0.3) is 0 Å². The predicted molar refractivity (Wildman–Crippen MR) is 77.5 cm³/mol. The molecule has 1 N–H and O–H groups in total. The fourth-order valence-electron chi connectivity index (χ4n) is 5.29. The van der Waals surface area contributed by atoms with Gasteiger partial charge in [-0.3, -0.25) is 4.79 Å². The molecule has 4 aliphatic rings. The van der Waals surface area contributed by atoms with Crippen LogP contribution in [0.3, 0.4) is 0 Å². The fourth-order valence-corrected chi connectivity index (χ4v) is 5.29. The van der Waals surface area contributed by atoms with Crippen molar-refractivity contribution in [2.24, 2.45) is 16.7 Å². The van der Waals surface area contributed by atoms with Gasteiger partial charge in [0, 0.05) is 0 Å². The van der Waals surface area contributed by atoms with E-state index in [2.05, 4.69) is 30.3 Å². The van der Waals surface area contributed by atoms with Gasteiger partial charge in [0.2, 0.25) is 0 Å². The Bertz CT molecular complexity index is 506. The minimum atomic E-state index is -0.544. The zero-order chi connectivity index (χ0) is 13.8. The largest absolute Gasteiger partial charge is 0.481 e. The van der Waals surface area contributed by atoms with E-state index in [-0.39, 0.29) is 5.41 Å². The van der Waals surface area contributed by atoms with Crippen LogP contribution in [0.15, 0.2) is 30.3 Å². The first kappa shape index (κ1) is 12.4. The highest BCUT2D eigenvalue weighted by atomic mass is 16.4. The van der Waals surface area contributed by atoms with Crippen LogP contribution in [-0.2, 0) is 4.79 Å². The van der Waals surface area contributed by atoms with Crippen molar-refractivity contribution in [3.63, 3.8) is 0 Å². The number of benzene rings is 1. The van der Waals surface area contributed by atoms with Crippen LogP contribution in [0.1, 0.15) is 56.4 Å². The first-order valence-electron chi connectivity index (χ1n) is 7.92. The average molecular weight is 270 g/mol. The second-order valence-electron chi connectivity index (χ2n) is 7.44. The molecule has 2 nitrogen and oxygen atoms in total. The summed E-state index contributed by atoms with van der Waals surface area (Å²) >= 11 is 0. The fraction of sp³-hybridized carbons (Fsp3) is 0.611. The molecule has 0 saturated heterocycles. The van der Waals surface area contributed by atoms with Crippen molar-refractivity contribution >= 4 is 5.97 Å². The van der Waals surface area contributed by atoms with Crippen molar-refractivity contribution in [1.82, 2.24) is 0 Å². The van der Waals surface area contributed by atoms with E-state index in [0.717, 1.165) is 31.1 Å². The third-order valence-corrected chi connectivity index (χ3v) is 6.39. The number of carboxylic acid groups (broad SMARTS) is 1. The van der Waals surface area contributed by atoms with Gasteiger partial charge < -0.3 is 5.11 Å². The van der Waals surface area contributed by atoms with E-state index in [1.807, 2.05) is 0 Å². The van der Waals surface area contributed by atoms with Crippen molar-refractivity contribution in [3.8, 4) is 0 Å². The molecule has 0 heterocycles. The quantitative estimate of drug-likeness (QED) is 0.893. The molecule has 0 aliphatic heterocycles. The minimum Gasteiger partial charge on any atom is -0.481 e. The summed E-state index contributed by atoms with van der Waals surface area (Å²) in [6, 6.07) is 10.9. The standard InChI is InChI=1S/C18H22O2/c19-16(20)18-10-17(11-18,12-18)15-8-6-14(7-9-15)13-4-2-1-3-5-13/h1-5,14-15H,6-12H2,(H,19,20). The molecule has 0 radical (unpaired) electrons. The lowest BCUT2D eigenvalue weighted by Gasteiger charge is -2.72. The summed E-state index contributed by atoms with van der Waals surface area (Å²) in [5, 5.41) is 9.23. The predicted octanol–water partition coefficient (Wildman–Crippen LogP) is 4.22. The number of aliphatic carboxylic acids is 1. The van der Waals surface area contributed by atoms with Crippen LogP contribution in [0.4, 0.5) is 0 Å². The Labute approximate surface area is 120 Å². The molecule has 4 saturated carbocycles. The summed E-state index contributed by atoms with van der Waals surface area (Å²) in [5.41, 5.74) is 1.63. The summed E-state index contributed by atoms with van der Waals surface area (Å²) in [4.78, 5) is 11.2. The summed E-state index contributed by atoms with van der Waals surface area (Å²) in [7, 11) is 0. The van der Waals surface area contributed by atoms with Crippen LogP contribution in [-0.4, -0.2) is 11.1 Å². The second-order valence-corrected chi connectivity index (χ2v) is 7.44. The number of hydrogen-bond acceptors (Lipinski definition) is 1. The van der Waals surface area contributed by atoms with Crippen molar-refractivity contribution in [2.45, 2.75) is 50.9 Å². The maximum atomic E-state index is 11.2. The average Bonchev–Trinajstić information content (AvgIpc) is 2.37. The number of hydrogen-bond donors (Lipinski definition) is 1. The monoisotopic (exact) mass is 270 g/mol. The van der Waals surface area contributed by atoms with Crippen molar-refractivity contribution in [2.75, 3.05) is 0 Å². The minimum absolute atomic E-state index is 0.295. The van der Waals surface area contributed by atoms with E-state index in [1.165, 1.54) is 31.2 Å². The highest BCUT2D eigenvalue weighted by Crippen LogP contribution is 2.77. The summed E-state index contributed by atoms with van der Waals surface area (Å²) in [5.74, 6) is 0.981. The van der Waals surface area contributed by atoms with E-state index in [1.54, 1.807) is 0 Å². The van der Waals surface area contributed by atoms with E-state index >= 15 is 0 Å². The lowest BCUT2D eigenvalue weighted by Crippen LogP contribution is -2.68. The summed E-state index contributed by atoms with van der Waals surface area (Å²) in [6.07, 6.45) is 8.08. The third-order valence-electron chi connectivity index (χ3n) is 6.39. The molecular formula is C18H22O2. The normalized spacial score (nSPS) is 42.4. The van der Waals surface area contributed by atoms with Gasteiger partial charge in [0.1, 0.15) is 0 Å². The maximum Gasteiger partial charge on any atom is 0.309 e. The highest BCUT2D eigenvalue weighted by Gasteiger charge is 2.73. The van der Waals surface area contributed by atoms with Gasteiger partial charge in [-0.25, -0.2) is 0 Å². The molecule has 0 amide bonds.